The molecule has 138 valence electrons. The normalized spacial score (nSPS) is 12.7. The highest BCUT2D eigenvalue weighted by Crippen LogP contribution is 2.36. The standard InChI is InChI=1S/C20H18FN3O2S/c1-13-2-8-16(9-3-13)26-10-19(25)22-20-17-11-27-12-18(17)23-24(20)15-6-4-14(21)5-7-15/h2-9H,10-12H2,1H3,(H,22,25). The van der Waals surface area contributed by atoms with E-state index in [1.165, 1.54) is 12.1 Å². The second kappa shape index (κ2) is 7.44. The first-order chi connectivity index (χ1) is 13.1. The third-order valence-electron chi connectivity index (χ3n) is 4.27. The van der Waals surface area contributed by atoms with Gasteiger partial charge in [0.1, 0.15) is 17.4 Å². The lowest BCUT2D eigenvalue weighted by molar-refractivity contribution is -0.118. The van der Waals surface area contributed by atoms with Gasteiger partial charge in [-0.05, 0) is 43.3 Å². The Morgan fingerprint density at radius 2 is 1.93 bits per heavy atom. The predicted octanol–water partition coefficient (Wildman–Crippen LogP) is 4.08. The lowest BCUT2D eigenvalue weighted by Crippen LogP contribution is -2.22. The molecule has 1 aliphatic heterocycles. The summed E-state index contributed by atoms with van der Waals surface area (Å²) in [6, 6.07) is 13.6. The highest BCUT2D eigenvalue weighted by molar-refractivity contribution is 7.98. The molecule has 7 heteroatoms. The summed E-state index contributed by atoms with van der Waals surface area (Å²) in [6.45, 7) is 1.89. The van der Waals surface area contributed by atoms with Crippen LogP contribution >= 0.6 is 11.8 Å². The number of rotatable bonds is 5. The molecule has 0 unspecified atom stereocenters. The van der Waals surface area contributed by atoms with Crippen molar-refractivity contribution in [2.75, 3.05) is 11.9 Å². The zero-order chi connectivity index (χ0) is 18.8. The van der Waals surface area contributed by atoms with Gasteiger partial charge in [-0.1, -0.05) is 17.7 Å². The number of thioether (sulfide) groups is 1. The number of nitrogens with one attached hydrogen (secondary N) is 1. The topological polar surface area (TPSA) is 56.1 Å². The van der Waals surface area contributed by atoms with E-state index in [1.807, 2.05) is 31.2 Å². The van der Waals surface area contributed by atoms with E-state index in [9.17, 15) is 9.18 Å². The molecule has 0 fully saturated rings. The number of nitrogens with zero attached hydrogens (tertiary/aromatic N) is 2. The van der Waals surface area contributed by atoms with Crippen molar-refractivity contribution >= 4 is 23.5 Å². The van der Waals surface area contributed by atoms with Crippen molar-refractivity contribution in [3.05, 3.63) is 71.2 Å². The van der Waals surface area contributed by atoms with Crippen LogP contribution < -0.4 is 10.1 Å². The summed E-state index contributed by atoms with van der Waals surface area (Å²) in [5.74, 6) is 2.27. The fourth-order valence-corrected chi connectivity index (χ4v) is 3.90. The van der Waals surface area contributed by atoms with Gasteiger partial charge in [0.2, 0.25) is 0 Å². The Morgan fingerprint density at radius 1 is 1.19 bits per heavy atom. The third-order valence-corrected chi connectivity index (χ3v) is 5.24. The summed E-state index contributed by atoms with van der Waals surface area (Å²) in [5.41, 5.74) is 3.78. The SMILES string of the molecule is Cc1ccc(OCC(=O)Nc2c3c(nn2-c2ccc(F)cc2)CSC3)cc1. The molecule has 0 atom stereocenters. The zero-order valence-corrected chi connectivity index (χ0v) is 15.6. The van der Waals surface area contributed by atoms with E-state index in [0.717, 1.165) is 28.3 Å². The molecule has 0 saturated heterocycles. The molecule has 0 spiro atoms. The quantitative estimate of drug-likeness (QED) is 0.721. The molecule has 0 aliphatic carbocycles. The maximum atomic E-state index is 13.2. The Kier molecular flexibility index (Phi) is 4.85. The third kappa shape index (κ3) is 3.83. The van der Waals surface area contributed by atoms with Gasteiger partial charge < -0.3 is 10.1 Å². The van der Waals surface area contributed by atoms with Crippen molar-refractivity contribution in [2.24, 2.45) is 0 Å². The van der Waals surface area contributed by atoms with Crippen LogP contribution in [-0.2, 0) is 16.3 Å². The van der Waals surface area contributed by atoms with E-state index in [4.69, 9.17) is 4.74 Å². The molecule has 0 radical (unpaired) electrons. The molecule has 3 aromatic rings. The number of amides is 1. The smallest absolute Gasteiger partial charge is 0.263 e. The van der Waals surface area contributed by atoms with Crippen molar-refractivity contribution in [3.8, 4) is 11.4 Å². The van der Waals surface area contributed by atoms with Crippen LogP contribution in [0.15, 0.2) is 48.5 Å². The largest absolute Gasteiger partial charge is 0.484 e. The number of ether oxygens (including phenoxy) is 1. The van der Waals surface area contributed by atoms with E-state index >= 15 is 0 Å². The molecule has 2 heterocycles. The van der Waals surface area contributed by atoms with Crippen molar-refractivity contribution in [1.82, 2.24) is 9.78 Å². The van der Waals surface area contributed by atoms with Gasteiger partial charge in [-0.25, -0.2) is 9.07 Å². The molecule has 1 N–H and O–H groups in total. The minimum absolute atomic E-state index is 0.0976. The minimum atomic E-state index is -0.314. The Hall–Kier alpha value is -2.80. The van der Waals surface area contributed by atoms with E-state index in [2.05, 4.69) is 10.4 Å². The van der Waals surface area contributed by atoms with Gasteiger partial charge in [0, 0.05) is 17.1 Å². The Labute approximate surface area is 160 Å². The van der Waals surface area contributed by atoms with Gasteiger partial charge >= 0.3 is 0 Å². The minimum Gasteiger partial charge on any atom is -0.484 e. The molecule has 2 aromatic carbocycles. The van der Waals surface area contributed by atoms with Crippen LogP contribution in [0.5, 0.6) is 5.75 Å². The molecular weight excluding hydrogens is 365 g/mol. The number of anilines is 1. The Balaban J connectivity index is 1.53. The van der Waals surface area contributed by atoms with Crippen LogP contribution in [0.25, 0.3) is 5.69 Å². The van der Waals surface area contributed by atoms with Crippen molar-refractivity contribution in [2.45, 2.75) is 18.4 Å². The lowest BCUT2D eigenvalue weighted by Gasteiger charge is -2.12. The number of fused-ring (bicyclic) bond motifs is 1. The number of carbonyl (C=O) groups excluding carboxylic acids is 1. The van der Waals surface area contributed by atoms with Crippen molar-refractivity contribution in [3.63, 3.8) is 0 Å². The first kappa shape index (κ1) is 17.6. The van der Waals surface area contributed by atoms with Crippen LogP contribution in [0, 0.1) is 12.7 Å². The van der Waals surface area contributed by atoms with Crippen LogP contribution in [0.2, 0.25) is 0 Å². The van der Waals surface area contributed by atoms with Crippen LogP contribution in [0.1, 0.15) is 16.8 Å². The second-order valence-electron chi connectivity index (χ2n) is 6.30. The van der Waals surface area contributed by atoms with Gasteiger partial charge in [-0.3, -0.25) is 4.79 Å². The maximum Gasteiger partial charge on any atom is 0.263 e. The summed E-state index contributed by atoms with van der Waals surface area (Å²) in [6.07, 6.45) is 0. The fourth-order valence-electron chi connectivity index (χ4n) is 2.86. The monoisotopic (exact) mass is 383 g/mol. The molecule has 1 aromatic heterocycles. The summed E-state index contributed by atoms with van der Waals surface area (Å²) in [4.78, 5) is 12.4. The first-order valence-electron chi connectivity index (χ1n) is 8.54. The van der Waals surface area contributed by atoms with E-state index in [-0.39, 0.29) is 18.3 Å². The van der Waals surface area contributed by atoms with Gasteiger partial charge in [0.15, 0.2) is 6.61 Å². The molecule has 1 amide bonds. The van der Waals surface area contributed by atoms with Crippen LogP contribution in [0.4, 0.5) is 10.2 Å². The average molecular weight is 383 g/mol. The summed E-state index contributed by atoms with van der Waals surface area (Å²) >= 11 is 1.75. The lowest BCUT2D eigenvalue weighted by atomic mass is 10.2. The predicted molar refractivity (Wildman–Crippen MR) is 104 cm³/mol. The molecule has 0 bridgehead atoms. The summed E-state index contributed by atoms with van der Waals surface area (Å²) < 4.78 is 20.5. The van der Waals surface area contributed by atoms with Crippen molar-refractivity contribution < 1.29 is 13.9 Å². The summed E-state index contributed by atoms with van der Waals surface area (Å²) in [7, 11) is 0. The van der Waals surface area contributed by atoms with E-state index in [0.29, 0.717) is 17.3 Å². The molecule has 0 saturated carbocycles. The van der Waals surface area contributed by atoms with Crippen molar-refractivity contribution in [1.29, 1.82) is 0 Å². The maximum absolute atomic E-state index is 13.2. The number of aryl methyl sites for hydroxylation is 1. The number of hydrogen-bond acceptors (Lipinski definition) is 4. The molecular formula is C20H18FN3O2S. The first-order valence-corrected chi connectivity index (χ1v) is 9.69. The van der Waals surface area contributed by atoms with E-state index in [1.54, 1.807) is 28.6 Å². The van der Waals surface area contributed by atoms with Crippen LogP contribution in [0.3, 0.4) is 0 Å². The zero-order valence-electron chi connectivity index (χ0n) is 14.7. The highest BCUT2D eigenvalue weighted by atomic mass is 32.2. The van der Waals surface area contributed by atoms with Gasteiger partial charge in [-0.2, -0.15) is 16.9 Å². The summed E-state index contributed by atoms with van der Waals surface area (Å²) in [5, 5.41) is 7.50. The van der Waals surface area contributed by atoms with Gasteiger partial charge in [0.25, 0.3) is 5.91 Å². The Morgan fingerprint density at radius 3 is 2.67 bits per heavy atom. The molecule has 5 nitrogen and oxygen atoms in total. The average Bonchev–Trinajstić information content (AvgIpc) is 3.25. The number of benzene rings is 2. The number of carbonyl (C=O) groups is 1. The number of aromatic nitrogens is 2. The molecule has 27 heavy (non-hydrogen) atoms. The van der Waals surface area contributed by atoms with E-state index < -0.39 is 0 Å². The molecule has 1 aliphatic rings. The Bertz CT molecular complexity index is 968. The number of hydrogen-bond donors (Lipinski definition) is 1. The van der Waals surface area contributed by atoms with Gasteiger partial charge in [0.05, 0.1) is 11.4 Å². The van der Waals surface area contributed by atoms with Gasteiger partial charge in [-0.15, -0.1) is 0 Å². The fraction of sp³-hybridized carbons (Fsp3) is 0.200. The second-order valence-corrected chi connectivity index (χ2v) is 7.29. The van der Waals surface area contributed by atoms with Crippen LogP contribution in [-0.4, -0.2) is 22.3 Å². The molecule has 4 rings (SSSR count). The highest BCUT2D eigenvalue weighted by Gasteiger charge is 2.24. The number of halogens is 1.